The average Bonchev–Trinajstić information content (AvgIpc) is 2.77. The summed E-state index contributed by atoms with van der Waals surface area (Å²) < 4.78 is 6.73. The second-order valence-electron chi connectivity index (χ2n) is 4.37. The van der Waals surface area contributed by atoms with Crippen molar-refractivity contribution < 1.29 is 9.53 Å². The van der Waals surface area contributed by atoms with E-state index in [9.17, 15) is 4.79 Å². The maximum Gasteiger partial charge on any atom is 0.307 e. The Morgan fingerprint density at radius 2 is 2.16 bits per heavy atom. The fourth-order valence-electron chi connectivity index (χ4n) is 2.14. The summed E-state index contributed by atoms with van der Waals surface area (Å²) in [6, 6.07) is 8.01. The summed E-state index contributed by atoms with van der Waals surface area (Å²) in [6.45, 7) is 3.46. The number of anilines is 1. The van der Waals surface area contributed by atoms with Crippen LogP contribution in [0.25, 0.3) is 11.0 Å². The molecule has 0 N–H and O–H groups in total. The van der Waals surface area contributed by atoms with E-state index >= 15 is 0 Å². The van der Waals surface area contributed by atoms with Gasteiger partial charge in [0.2, 0.25) is 5.95 Å². The summed E-state index contributed by atoms with van der Waals surface area (Å²) in [5, 5.41) is 0. The third-order valence-electron chi connectivity index (χ3n) is 3.24. The van der Waals surface area contributed by atoms with Crippen LogP contribution >= 0.6 is 0 Å². The maximum absolute atomic E-state index is 11.2. The normalized spacial score (nSPS) is 10.7. The Hall–Kier alpha value is -2.04. The molecule has 2 rings (SSSR count). The molecule has 0 fully saturated rings. The third-order valence-corrected chi connectivity index (χ3v) is 3.24. The average molecular weight is 261 g/mol. The van der Waals surface area contributed by atoms with Crippen LogP contribution in [0, 0.1) is 0 Å². The third kappa shape index (κ3) is 2.70. The van der Waals surface area contributed by atoms with Gasteiger partial charge in [-0.15, -0.1) is 0 Å². The van der Waals surface area contributed by atoms with E-state index in [4.69, 9.17) is 0 Å². The Morgan fingerprint density at radius 1 is 1.42 bits per heavy atom. The Kier molecular flexibility index (Phi) is 4.04. The summed E-state index contributed by atoms with van der Waals surface area (Å²) in [5.41, 5.74) is 2.06. The highest BCUT2D eigenvalue weighted by Gasteiger charge is 2.14. The minimum absolute atomic E-state index is 0.197. The number of methoxy groups -OCH3 is 1. The van der Waals surface area contributed by atoms with Gasteiger partial charge in [0.1, 0.15) is 0 Å². The van der Waals surface area contributed by atoms with Gasteiger partial charge in [0.15, 0.2) is 0 Å². The second-order valence-corrected chi connectivity index (χ2v) is 4.37. The topological polar surface area (TPSA) is 47.4 Å². The van der Waals surface area contributed by atoms with Crippen molar-refractivity contribution in [2.24, 2.45) is 7.05 Å². The van der Waals surface area contributed by atoms with Gasteiger partial charge in [0.25, 0.3) is 0 Å². The van der Waals surface area contributed by atoms with Crippen LogP contribution in [0.4, 0.5) is 5.95 Å². The fourth-order valence-corrected chi connectivity index (χ4v) is 2.14. The summed E-state index contributed by atoms with van der Waals surface area (Å²) in [6.07, 6.45) is 0.369. The van der Waals surface area contributed by atoms with Crippen LogP contribution in [-0.4, -0.2) is 35.7 Å². The lowest BCUT2D eigenvalue weighted by Gasteiger charge is -2.21. The van der Waals surface area contributed by atoms with E-state index in [0.29, 0.717) is 13.0 Å². The van der Waals surface area contributed by atoms with Crippen LogP contribution in [0.1, 0.15) is 13.3 Å². The van der Waals surface area contributed by atoms with Crippen molar-refractivity contribution in [3.05, 3.63) is 24.3 Å². The molecule has 0 aliphatic rings. The molecule has 0 saturated carbocycles. The number of esters is 1. The molecule has 5 nitrogen and oxygen atoms in total. The number of nitrogens with zero attached hydrogens (tertiary/aromatic N) is 3. The number of hydrogen-bond acceptors (Lipinski definition) is 4. The Bertz CT molecular complexity index is 577. The number of benzene rings is 1. The molecule has 0 unspecified atom stereocenters. The number of ether oxygens (including phenoxy) is 1. The number of rotatable bonds is 5. The van der Waals surface area contributed by atoms with E-state index in [1.807, 2.05) is 31.3 Å². The van der Waals surface area contributed by atoms with Crippen molar-refractivity contribution in [1.82, 2.24) is 9.55 Å². The van der Waals surface area contributed by atoms with Crippen molar-refractivity contribution >= 4 is 23.0 Å². The van der Waals surface area contributed by atoms with E-state index in [0.717, 1.165) is 23.5 Å². The smallest absolute Gasteiger partial charge is 0.307 e. The summed E-state index contributed by atoms with van der Waals surface area (Å²) in [4.78, 5) is 17.9. The lowest BCUT2D eigenvalue weighted by molar-refractivity contribution is -0.140. The zero-order valence-electron chi connectivity index (χ0n) is 11.6. The molecule has 19 heavy (non-hydrogen) atoms. The van der Waals surface area contributed by atoms with Gasteiger partial charge >= 0.3 is 5.97 Å². The van der Waals surface area contributed by atoms with Gasteiger partial charge in [-0.25, -0.2) is 4.98 Å². The first-order chi connectivity index (χ1) is 9.17. The number of hydrogen-bond donors (Lipinski definition) is 0. The minimum atomic E-state index is -0.197. The van der Waals surface area contributed by atoms with Crippen molar-refractivity contribution in [2.75, 3.05) is 25.1 Å². The highest BCUT2D eigenvalue weighted by molar-refractivity contribution is 5.78. The van der Waals surface area contributed by atoms with E-state index in [1.165, 1.54) is 7.11 Å². The monoisotopic (exact) mass is 261 g/mol. The molecular weight excluding hydrogens is 242 g/mol. The summed E-state index contributed by atoms with van der Waals surface area (Å²) in [5.74, 6) is 0.685. The highest BCUT2D eigenvalue weighted by Crippen LogP contribution is 2.20. The van der Waals surface area contributed by atoms with E-state index in [-0.39, 0.29) is 5.97 Å². The van der Waals surface area contributed by atoms with Gasteiger partial charge < -0.3 is 14.2 Å². The number of para-hydroxylation sites is 2. The van der Waals surface area contributed by atoms with E-state index < -0.39 is 0 Å². The molecule has 0 saturated heterocycles. The van der Waals surface area contributed by atoms with E-state index in [2.05, 4.69) is 26.1 Å². The second kappa shape index (κ2) is 5.73. The van der Waals surface area contributed by atoms with Gasteiger partial charge in [-0.1, -0.05) is 12.1 Å². The Balaban J connectivity index is 2.25. The molecule has 1 aromatic heterocycles. The molecule has 0 bridgehead atoms. The van der Waals surface area contributed by atoms with Crippen LogP contribution in [0.3, 0.4) is 0 Å². The molecule has 0 radical (unpaired) electrons. The molecule has 5 heteroatoms. The van der Waals surface area contributed by atoms with Crippen LogP contribution in [0.15, 0.2) is 24.3 Å². The van der Waals surface area contributed by atoms with Gasteiger partial charge in [-0.3, -0.25) is 4.79 Å². The zero-order chi connectivity index (χ0) is 13.8. The van der Waals surface area contributed by atoms with E-state index in [1.54, 1.807) is 0 Å². The lowest BCUT2D eigenvalue weighted by atomic mass is 10.3. The first kappa shape index (κ1) is 13.4. The molecular formula is C14H19N3O2. The van der Waals surface area contributed by atoms with Gasteiger partial charge in [-0.2, -0.15) is 0 Å². The SMILES string of the molecule is CCN(CCC(=O)OC)c1nc2ccccc2n1C. The quantitative estimate of drug-likeness (QED) is 0.772. The van der Waals surface area contributed by atoms with Gasteiger partial charge in [0.05, 0.1) is 24.6 Å². The van der Waals surface area contributed by atoms with Crippen LogP contribution in [-0.2, 0) is 16.6 Å². The zero-order valence-corrected chi connectivity index (χ0v) is 11.6. The Morgan fingerprint density at radius 3 is 2.79 bits per heavy atom. The Labute approximate surface area is 112 Å². The van der Waals surface area contributed by atoms with Crippen LogP contribution in [0.2, 0.25) is 0 Å². The largest absolute Gasteiger partial charge is 0.469 e. The molecule has 2 aromatic rings. The molecule has 0 aliphatic heterocycles. The number of imidazole rings is 1. The molecule has 0 amide bonds. The minimum Gasteiger partial charge on any atom is -0.469 e. The summed E-state index contributed by atoms with van der Waals surface area (Å²) >= 11 is 0. The number of fused-ring (bicyclic) bond motifs is 1. The molecule has 102 valence electrons. The van der Waals surface area contributed by atoms with Crippen LogP contribution in [0.5, 0.6) is 0 Å². The molecule has 1 heterocycles. The molecule has 1 aromatic carbocycles. The highest BCUT2D eigenvalue weighted by atomic mass is 16.5. The molecule has 0 atom stereocenters. The number of aryl methyl sites for hydroxylation is 1. The summed E-state index contributed by atoms with van der Waals surface area (Å²) in [7, 11) is 3.40. The lowest BCUT2D eigenvalue weighted by Crippen LogP contribution is -2.28. The predicted octanol–water partition coefficient (Wildman–Crippen LogP) is 1.96. The van der Waals surface area contributed by atoms with Gasteiger partial charge in [0, 0.05) is 20.1 Å². The standard InChI is InChI=1S/C14H19N3O2/c1-4-17(10-9-13(18)19-3)14-15-11-7-5-6-8-12(11)16(14)2/h5-8H,4,9-10H2,1-3H3. The first-order valence-electron chi connectivity index (χ1n) is 6.40. The predicted molar refractivity (Wildman–Crippen MR) is 75.2 cm³/mol. The molecule has 0 spiro atoms. The number of carbonyl (C=O) groups excluding carboxylic acids is 1. The first-order valence-corrected chi connectivity index (χ1v) is 6.40. The van der Waals surface area contributed by atoms with Crippen molar-refractivity contribution in [3.63, 3.8) is 0 Å². The van der Waals surface area contributed by atoms with Crippen LogP contribution < -0.4 is 4.90 Å². The number of carbonyl (C=O) groups is 1. The molecule has 0 aliphatic carbocycles. The number of aromatic nitrogens is 2. The van der Waals surface area contributed by atoms with Crippen molar-refractivity contribution in [3.8, 4) is 0 Å². The van der Waals surface area contributed by atoms with Crippen molar-refractivity contribution in [1.29, 1.82) is 0 Å². The maximum atomic E-state index is 11.2. The fraction of sp³-hybridized carbons (Fsp3) is 0.429. The van der Waals surface area contributed by atoms with Crippen molar-refractivity contribution in [2.45, 2.75) is 13.3 Å². The van der Waals surface area contributed by atoms with Gasteiger partial charge in [-0.05, 0) is 19.1 Å².